The Kier molecular flexibility index (Phi) is 4.56. The van der Waals surface area contributed by atoms with Crippen molar-refractivity contribution in [2.45, 2.75) is 24.8 Å². The lowest BCUT2D eigenvalue weighted by molar-refractivity contribution is 0.0652. The van der Waals surface area contributed by atoms with Crippen LogP contribution in [-0.4, -0.2) is 40.1 Å². The highest BCUT2D eigenvalue weighted by atomic mass is 32.1. The molecule has 2 N–H and O–H groups in total. The number of carbonyl (C=O) groups is 1. The second kappa shape index (κ2) is 7.24. The van der Waals surface area contributed by atoms with E-state index in [9.17, 15) is 4.79 Å². The molecule has 6 nitrogen and oxygen atoms in total. The Morgan fingerprint density at radius 3 is 2.72 bits per heavy atom. The lowest BCUT2D eigenvalue weighted by Gasteiger charge is -2.38. The maximum Gasteiger partial charge on any atom is 0.267 e. The summed E-state index contributed by atoms with van der Waals surface area (Å²) in [5.74, 6) is 0.976. The Hall–Kier alpha value is -2.77. The topological polar surface area (TPSA) is 81.3 Å². The molecule has 2 aliphatic rings. The molecule has 0 unspecified atom stereocenters. The van der Waals surface area contributed by atoms with Crippen molar-refractivity contribution in [1.29, 1.82) is 0 Å². The Morgan fingerprint density at radius 2 is 1.97 bits per heavy atom. The summed E-state index contributed by atoms with van der Waals surface area (Å²) in [7, 11) is 0. The summed E-state index contributed by atoms with van der Waals surface area (Å²) in [4.78, 5) is 15.8. The van der Waals surface area contributed by atoms with Gasteiger partial charge in [0.1, 0.15) is 16.3 Å². The van der Waals surface area contributed by atoms with Crippen LogP contribution in [0.5, 0.6) is 5.75 Å². The zero-order valence-electron chi connectivity index (χ0n) is 16.0. The van der Waals surface area contributed by atoms with E-state index in [-0.39, 0.29) is 11.3 Å². The number of amides is 1. The number of benzene rings is 2. The molecule has 0 atom stereocenters. The number of carbonyl (C=O) groups excluding carboxylic acids is 1. The Bertz CT molecular complexity index is 1040. The number of hydrogen-bond acceptors (Lipinski definition) is 6. The molecule has 0 aliphatic carbocycles. The average Bonchev–Trinajstić information content (AvgIpc) is 3.40. The summed E-state index contributed by atoms with van der Waals surface area (Å²) in [6.07, 6.45) is 1.76. The highest BCUT2D eigenvalue weighted by Gasteiger charge is 2.44. The largest absolute Gasteiger partial charge is 0.492 e. The number of fused-ring (bicyclic) bond motifs is 2. The van der Waals surface area contributed by atoms with Crippen LogP contribution in [0.4, 0.5) is 0 Å². The fourth-order valence-corrected chi connectivity index (χ4v) is 5.01. The lowest BCUT2D eigenvalue weighted by Crippen LogP contribution is -2.46. The van der Waals surface area contributed by atoms with E-state index in [0.717, 1.165) is 29.7 Å². The van der Waals surface area contributed by atoms with E-state index in [2.05, 4.69) is 15.7 Å². The molecular formula is C22H22N4O2S. The third-order valence-corrected chi connectivity index (χ3v) is 6.81. The van der Waals surface area contributed by atoms with Crippen LogP contribution in [0.15, 0.2) is 48.5 Å². The number of ether oxygens (including phenoxy) is 1. The molecule has 7 heteroatoms. The minimum Gasteiger partial charge on any atom is -0.492 e. The van der Waals surface area contributed by atoms with Crippen molar-refractivity contribution in [3.05, 3.63) is 64.5 Å². The van der Waals surface area contributed by atoms with E-state index < -0.39 is 0 Å². The van der Waals surface area contributed by atoms with Gasteiger partial charge in [-0.1, -0.05) is 47.0 Å². The van der Waals surface area contributed by atoms with Gasteiger partial charge in [0.25, 0.3) is 5.91 Å². The van der Waals surface area contributed by atoms with Gasteiger partial charge in [0.2, 0.25) is 0 Å². The van der Waals surface area contributed by atoms with E-state index >= 15 is 0 Å². The Morgan fingerprint density at radius 1 is 1.17 bits per heavy atom. The molecule has 3 heterocycles. The van der Waals surface area contributed by atoms with Crippen molar-refractivity contribution in [3.63, 3.8) is 0 Å². The highest BCUT2D eigenvalue weighted by molar-refractivity contribution is 7.08. The van der Waals surface area contributed by atoms with Crippen LogP contribution in [0.2, 0.25) is 0 Å². The summed E-state index contributed by atoms with van der Waals surface area (Å²) < 4.78 is 10.0. The molecule has 1 aromatic heterocycles. The summed E-state index contributed by atoms with van der Waals surface area (Å²) in [5, 5.41) is 4.21. The third kappa shape index (κ3) is 3.10. The predicted molar refractivity (Wildman–Crippen MR) is 112 cm³/mol. The van der Waals surface area contributed by atoms with Gasteiger partial charge in [-0.3, -0.25) is 4.79 Å². The van der Waals surface area contributed by atoms with E-state index in [1.807, 2.05) is 47.4 Å². The van der Waals surface area contributed by atoms with Gasteiger partial charge in [-0.15, -0.1) is 5.10 Å². The first-order valence-corrected chi connectivity index (χ1v) is 10.6. The first-order chi connectivity index (χ1) is 14.2. The molecule has 1 fully saturated rings. The second-order valence-electron chi connectivity index (χ2n) is 7.71. The number of nitrogens with two attached hydrogens (primary N) is 1. The van der Waals surface area contributed by atoms with E-state index in [0.29, 0.717) is 36.8 Å². The quantitative estimate of drug-likeness (QED) is 0.722. The first-order valence-electron chi connectivity index (χ1n) is 9.83. The Labute approximate surface area is 173 Å². The van der Waals surface area contributed by atoms with Crippen LogP contribution in [0.3, 0.4) is 0 Å². The van der Waals surface area contributed by atoms with Gasteiger partial charge in [-0.25, -0.2) is 0 Å². The van der Waals surface area contributed by atoms with Gasteiger partial charge in [0.05, 0.1) is 6.61 Å². The number of aromatic nitrogens is 2. The molecule has 1 saturated heterocycles. The van der Waals surface area contributed by atoms with Gasteiger partial charge in [0, 0.05) is 36.2 Å². The molecule has 5 rings (SSSR count). The second-order valence-corrected chi connectivity index (χ2v) is 8.47. The van der Waals surface area contributed by atoms with Crippen LogP contribution in [0, 0.1) is 0 Å². The fourth-order valence-electron chi connectivity index (χ4n) is 4.35. The van der Waals surface area contributed by atoms with Crippen molar-refractivity contribution in [2.75, 3.05) is 19.7 Å². The van der Waals surface area contributed by atoms with Crippen molar-refractivity contribution in [2.24, 2.45) is 5.73 Å². The molecule has 29 heavy (non-hydrogen) atoms. The zero-order chi connectivity index (χ0) is 19.8. The number of hydrogen-bond donors (Lipinski definition) is 1. The van der Waals surface area contributed by atoms with Gasteiger partial charge in [0.15, 0.2) is 0 Å². The minimum atomic E-state index is -0.0223. The van der Waals surface area contributed by atoms with Crippen LogP contribution < -0.4 is 10.5 Å². The highest BCUT2D eigenvalue weighted by Crippen LogP contribution is 2.46. The van der Waals surface area contributed by atoms with Gasteiger partial charge in [-0.05, 0) is 36.0 Å². The van der Waals surface area contributed by atoms with Crippen LogP contribution >= 0.6 is 11.5 Å². The van der Waals surface area contributed by atoms with Crippen molar-refractivity contribution in [3.8, 4) is 17.0 Å². The average molecular weight is 407 g/mol. The van der Waals surface area contributed by atoms with E-state index in [1.165, 1.54) is 17.1 Å². The lowest BCUT2D eigenvalue weighted by atomic mass is 9.74. The minimum absolute atomic E-state index is 0.0172. The molecule has 148 valence electrons. The summed E-state index contributed by atoms with van der Waals surface area (Å²) in [6, 6.07) is 16.0. The number of rotatable bonds is 3. The van der Waals surface area contributed by atoms with Gasteiger partial charge in [-0.2, -0.15) is 0 Å². The maximum atomic E-state index is 13.2. The van der Waals surface area contributed by atoms with E-state index in [4.69, 9.17) is 10.5 Å². The third-order valence-electron chi connectivity index (χ3n) is 6.09. The van der Waals surface area contributed by atoms with Crippen LogP contribution in [-0.2, 0) is 12.0 Å². The standard InChI is InChI=1S/C22H22N4O2S/c23-13-15-6-7-18-17(12-15)22(14-28-18)8-10-26(11-9-22)21(27)20-19(24-25-29-20)16-4-2-1-3-5-16/h1-7,12H,8-11,13-14,23H2. The van der Waals surface area contributed by atoms with Crippen molar-refractivity contribution in [1.82, 2.24) is 14.5 Å². The number of piperidine rings is 1. The molecule has 1 amide bonds. The first kappa shape index (κ1) is 18.3. The number of likely N-dealkylation sites (tertiary alicyclic amines) is 1. The zero-order valence-corrected chi connectivity index (χ0v) is 16.8. The SMILES string of the molecule is NCc1ccc2c(c1)C1(CCN(C(=O)c3snnc3-c3ccccc3)CC1)CO2. The van der Waals surface area contributed by atoms with E-state index in [1.54, 1.807) is 0 Å². The van der Waals surface area contributed by atoms with Crippen molar-refractivity contribution < 1.29 is 9.53 Å². The normalized spacial score (nSPS) is 17.2. The summed E-state index contributed by atoms with van der Waals surface area (Å²) in [5.41, 5.74) is 9.77. The maximum absolute atomic E-state index is 13.2. The number of nitrogens with zero attached hydrogens (tertiary/aromatic N) is 3. The van der Waals surface area contributed by atoms with Crippen molar-refractivity contribution >= 4 is 17.4 Å². The fraction of sp³-hybridized carbons (Fsp3) is 0.318. The van der Waals surface area contributed by atoms with Gasteiger partial charge < -0.3 is 15.4 Å². The monoisotopic (exact) mass is 406 g/mol. The van der Waals surface area contributed by atoms with Crippen LogP contribution in [0.25, 0.3) is 11.3 Å². The molecule has 0 saturated carbocycles. The van der Waals surface area contributed by atoms with Crippen LogP contribution in [0.1, 0.15) is 33.6 Å². The molecule has 2 aliphatic heterocycles. The molecular weight excluding hydrogens is 384 g/mol. The van der Waals surface area contributed by atoms with Gasteiger partial charge >= 0.3 is 0 Å². The summed E-state index contributed by atoms with van der Waals surface area (Å²) >= 11 is 1.17. The summed E-state index contributed by atoms with van der Waals surface area (Å²) in [6.45, 7) is 2.59. The molecule has 3 aromatic rings. The molecule has 2 aromatic carbocycles. The Balaban J connectivity index is 1.35. The molecule has 0 radical (unpaired) electrons. The molecule has 0 bridgehead atoms. The molecule has 1 spiro atoms. The predicted octanol–water partition coefficient (Wildman–Crippen LogP) is 3.23. The smallest absolute Gasteiger partial charge is 0.267 e.